The first-order valence-corrected chi connectivity index (χ1v) is 22.2. The molecule has 350 valence electrons. The van der Waals surface area contributed by atoms with Gasteiger partial charge in [0.15, 0.2) is 17.9 Å². The van der Waals surface area contributed by atoms with Crippen LogP contribution in [-0.4, -0.2) is 147 Å². The summed E-state index contributed by atoms with van der Waals surface area (Å²) in [6.45, 7) is 13.3. The minimum Gasteiger partial charge on any atom is -0.459 e. The first-order valence-electron chi connectivity index (χ1n) is 22.2. The van der Waals surface area contributed by atoms with E-state index in [0.29, 0.717) is 29.2 Å². The molecule has 0 saturated carbocycles. The number of nitrogens with two attached hydrogens (primary N) is 1. The van der Waals surface area contributed by atoms with Gasteiger partial charge in [-0.15, -0.1) is 0 Å². The van der Waals surface area contributed by atoms with Crippen LogP contribution < -0.4 is 5.73 Å². The number of ether oxygens (including phenoxy) is 5. The van der Waals surface area contributed by atoms with E-state index in [0.717, 1.165) is 0 Å². The van der Waals surface area contributed by atoms with Gasteiger partial charge in [-0.1, -0.05) is 38.9 Å². The van der Waals surface area contributed by atoms with Gasteiger partial charge in [-0.3, -0.25) is 14.4 Å². The number of aliphatic hydroxyl groups excluding tert-OH is 1. The molecule has 2 aromatic heterocycles. The van der Waals surface area contributed by atoms with E-state index >= 15 is 0 Å². The van der Waals surface area contributed by atoms with Crippen molar-refractivity contribution in [1.82, 2.24) is 19.9 Å². The number of pyridine rings is 1. The number of aliphatic hydroxyl groups is 2. The molecule has 0 aliphatic carbocycles. The van der Waals surface area contributed by atoms with Crippen LogP contribution in [0.2, 0.25) is 0 Å². The lowest BCUT2D eigenvalue weighted by Gasteiger charge is -2.47. The maximum absolute atomic E-state index is 14.5. The number of nitrogens with zero attached hydrogens (tertiary/aromatic N) is 6. The molecular weight excluding hydrogens is 827 g/mol. The number of hydrogen-bond acceptors (Lipinski definition) is 17. The van der Waals surface area contributed by atoms with Gasteiger partial charge in [0.2, 0.25) is 6.10 Å². The fourth-order valence-electron chi connectivity index (χ4n) is 9.47. The number of aromatic nitrogens is 3. The smallest absolute Gasteiger partial charge is 0.316 e. The number of nitrogen functional groups attached to an aromatic ring is 1. The zero-order chi connectivity index (χ0) is 46.7. The summed E-state index contributed by atoms with van der Waals surface area (Å²) in [4.78, 5) is 68.5. The van der Waals surface area contributed by atoms with Gasteiger partial charge in [-0.05, 0) is 91.2 Å². The summed E-state index contributed by atoms with van der Waals surface area (Å²) in [5.41, 5.74) is 4.68. The number of esters is 1. The second kappa shape index (κ2) is 20.3. The predicted octanol–water partition coefficient (Wildman–Crippen LogP) is 3.82. The summed E-state index contributed by atoms with van der Waals surface area (Å²) in [5.74, 6) is -4.94. The van der Waals surface area contributed by atoms with E-state index in [1.807, 2.05) is 32.8 Å². The highest BCUT2D eigenvalue weighted by Gasteiger charge is 2.53. The molecule has 18 nitrogen and oxygen atoms in total. The van der Waals surface area contributed by atoms with E-state index in [9.17, 15) is 24.6 Å². The zero-order valence-corrected chi connectivity index (χ0v) is 38.5. The number of aliphatic imine (C=N–C) groups is 1. The molecule has 4 aliphatic rings. The largest absolute Gasteiger partial charge is 0.459 e. The number of amides is 1. The lowest BCUT2D eigenvalue weighted by molar-refractivity contribution is -0.296. The van der Waals surface area contributed by atoms with Crippen LogP contribution in [0.5, 0.6) is 0 Å². The Morgan fingerprint density at radius 1 is 1.03 bits per heavy atom. The molecule has 4 aliphatic heterocycles. The number of oxime groups is 1. The van der Waals surface area contributed by atoms with Gasteiger partial charge in [0.1, 0.15) is 35.3 Å². The van der Waals surface area contributed by atoms with Gasteiger partial charge in [0.05, 0.1) is 48.4 Å². The van der Waals surface area contributed by atoms with Crippen LogP contribution in [0.3, 0.4) is 0 Å². The number of carbonyl (C=O) groups excluding carboxylic acids is 3. The number of fused-ring (bicyclic) bond motifs is 4. The molecule has 14 atom stereocenters. The molecule has 18 heteroatoms. The van der Waals surface area contributed by atoms with Gasteiger partial charge < -0.3 is 49.4 Å². The Balaban J connectivity index is 1.43. The number of rotatable bonds is 8. The Labute approximate surface area is 375 Å². The van der Waals surface area contributed by atoms with Crippen molar-refractivity contribution in [2.24, 2.45) is 33.8 Å². The number of carbonyl (C=O) groups is 3. The Bertz CT molecular complexity index is 2080. The first-order chi connectivity index (χ1) is 30.2. The van der Waals surface area contributed by atoms with Crippen LogP contribution in [0, 0.1) is 23.7 Å². The molecule has 1 amide bonds. The molecule has 0 spiro atoms. The lowest BCUT2D eigenvalue weighted by atomic mass is 9.73. The van der Waals surface area contributed by atoms with E-state index < -0.39 is 89.3 Å². The summed E-state index contributed by atoms with van der Waals surface area (Å²) in [6, 6.07) is 4.91. The maximum Gasteiger partial charge on any atom is 0.316 e. The summed E-state index contributed by atoms with van der Waals surface area (Å²) in [6.07, 6.45) is 0.348. The molecule has 0 radical (unpaired) electrons. The molecule has 4 bridgehead atoms. The van der Waals surface area contributed by atoms with Crippen molar-refractivity contribution in [3.05, 3.63) is 42.4 Å². The predicted molar refractivity (Wildman–Crippen MR) is 237 cm³/mol. The monoisotopic (exact) mass is 891 g/mol. The molecule has 3 fully saturated rings. The van der Waals surface area contributed by atoms with Crippen molar-refractivity contribution in [2.75, 3.05) is 33.0 Å². The fourth-order valence-corrected chi connectivity index (χ4v) is 9.47. The van der Waals surface area contributed by atoms with Crippen LogP contribution in [0.4, 0.5) is 5.82 Å². The minimum absolute atomic E-state index is 0.0402. The average Bonchev–Trinajstić information content (AvgIpc) is 3.28. The van der Waals surface area contributed by atoms with Gasteiger partial charge >= 0.3 is 5.97 Å². The Hall–Kier alpha value is -4.56. The van der Waals surface area contributed by atoms with Gasteiger partial charge in [0, 0.05) is 42.4 Å². The highest BCUT2D eigenvalue weighted by molar-refractivity contribution is 6.01. The van der Waals surface area contributed by atoms with Gasteiger partial charge in [-0.25, -0.2) is 19.9 Å². The first kappa shape index (κ1) is 48.9. The molecule has 6 rings (SSSR count). The summed E-state index contributed by atoms with van der Waals surface area (Å²) >= 11 is 0. The van der Waals surface area contributed by atoms with Gasteiger partial charge in [-0.2, -0.15) is 0 Å². The minimum atomic E-state index is -1.86. The summed E-state index contributed by atoms with van der Waals surface area (Å²) in [7, 11) is 3.73. The van der Waals surface area contributed by atoms with Crippen molar-refractivity contribution >= 4 is 41.0 Å². The third kappa shape index (κ3) is 10.6. The molecule has 6 heterocycles. The second-order valence-corrected chi connectivity index (χ2v) is 18.3. The fraction of sp³-hybridized carbons (Fsp3) is 0.652. The summed E-state index contributed by atoms with van der Waals surface area (Å²) in [5, 5.41) is 28.5. The number of likely N-dealkylation sites (N-methyl/N-ethyl adjacent to an activating group) is 1. The van der Waals surface area contributed by atoms with E-state index in [2.05, 4.69) is 20.1 Å². The number of cyclic esters (lactones) is 1. The summed E-state index contributed by atoms with van der Waals surface area (Å²) < 4.78 is 32.4. The quantitative estimate of drug-likeness (QED) is 0.252. The average molecular weight is 892 g/mol. The normalized spacial score (nSPS) is 37.8. The van der Waals surface area contributed by atoms with Crippen molar-refractivity contribution in [3.63, 3.8) is 0 Å². The molecule has 2 aromatic rings. The lowest BCUT2D eigenvalue weighted by Crippen LogP contribution is -2.60. The van der Waals surface area contributed by atoms with E-state index in [1.54, 1.807) is 70.4 Å². The Morgan fingerprint density at radius 2 is 1.75 bits per heavy atom. The van der Waals surface area contributed by atoms with Crippen LogP contribution in [-0.2, 0) is 42.9 Å². The number of ketones is 1. The van der Waals surface area contributed by atoms with Crippen LogP contribution in [0.1, 0.15) is 86.8 Å². The van der Waals surface area contributed by atoms with Crippen LogP contribution >= 0.6 is 0 Å². The third-order valence-corrected chi connectivity index (χ3v) is 13.0. The topological polar surface area (TPSA) is 240 Å². The number of hydrogen-bond donors (Lipinski definition) is 3. The second-order valence-electron chi connectivity index (χ2n) is 18.3. The molecule has 4 N–H and O–H groups in total. The van der Waals surface area contributed by atoms with Crippen LogP contribution in [0.15, 0.2) is 46.8 Å². The highest BCUT2D eigenvalue weighted by atomic mass is 16.7. The zero-order valence-electron chi connectivity index (χ0n) is 38.5. The van der Waals surface area contributed by atoms with Crippen LogP contribution in [0.25, 0.3) is 17.5 Å². The molecule has 3 saturated heterocycles. The molecule has 0 aromatic carbocycles. The standard InChI is InChI=1S/C46H65N7O11/c1-11-34-46(8,58)39-26(4)35-24(2)21-45(7,38(27(5)36(54)28(6)43(57)62-34)63-44-37(55)32(53(9)10)20-25(3)61-44)60-23-30(22-59-39)52-64-33(42(56)51-35)15-12-14-29-16-17-31(40(47)50-29)41-48-18-13-19-49-41/h12-14,16-19,24-28,32-34,37-39,44,55,58H,11,15,20-23H2,1-10H3,(H2,47,50)/b14-12+,51-35?,52-30-/t24-,25-,26+,27+,28-,32+,33?,34-,37-,38-,39-,44+,45-,46-/m1/s1. The molecular formula is C46H65N7O11. The number of Topliss-reactive ketones (excluding diaryl/α,β-unsaturated/α-hetero) is 1. The van der Waals surface area contributed by atoms with Crippen molar-refractivity contribution in [1.29, 1.82) is 0 Å². The van der Waals surface area contributed by atoms with E-state index in [4.69, 9.17) is 39.2 Å². The Kier molecular flexibility index (Phi) is 15.5. The highest BCUT2D eigenvalue weighted by Crippen LogP contribution is 2.40. The number of anilines is 1. The van der Waals surface area contributed by atoms with Crippen molar-refractivity contribution in [2.45, 2.75) is 141 Å². The van der Waals surface area contributed by atoms with E-state index in [-0.39, 0.29) is 56.2 Å². The molecule has 64 heavy (non-hydrogen) atoms. The van der Waals surface area contributed by atoms with Gasteiger partial charge in [0.25, 0.3) is 5.91 Å². The molecule has 1 unspecified atom stereocenters. The van der Waals surface area contributed by atoms with Crippen molar-refractivity contribution in [3.8, 4) is 11.4 Å². The SMILES string of the molecule is CC[C@H]1OC(=O)[C@H](C)C(=O)[C@H](C)[C@@H](O[C@@H]2O[C@H](C)C[C@H](N(C)C)[C@H]2O)[C@@]2(C)C[C@@H](C)C3=NC(=O)C(C/C=C/c4ccc(-c5ncccn5)c(N)n4)O/N=C(/CO[C@H]([C@H]3C)[C@]1(C)O)CO2. The maximum atomic E-state index is 14.5. The third-order valence-electron chi connectivity index (χ3n) is 13.0. The Morgan fingerprint density at radius 3 is 2.42 bits per heavy atom. The van der Waals surface area contributed by atoms with Crippen molar-refractivity contribution < 1.29 is 53.1 Å². The van der Waals surface area contributed by atoms with E-state index in [1.165, 1.54) is 13.8 Å².